The highest BCUT2D eigenvalue weighted by Gasteiger charge is 2.14. The third kappa shape index (κ3) is 2.23. The van der Waals surface area contributed by atoms with Crippen molar-refractivity contribution in [3.05, 3.63) is 28.0 Å². The summed E-state index contributed by atoms with van der Waals surface area (Å²) in [5.41, 5.74) is 5.63. The van der Waals surface area contributed by atoms with E-state index in [2.05, 4.69) is 15.9 Å². The van der Waals surface area contributed by atoms with Gasteiger partial charge in [-0.15, -0.1) is 0 Å². The topological polar surface area (TPSA) is 55.5 Å². The molecule has 0 aliphatic carbocycles. The minimum absolute atomic E-state index is 0.0252. The molecule has 0 radical (unpaired) electrons. The Hall–Kier alpha value is -0.650. The van der Waals surface area contributed by atoms with Gasteiger partial charge in [0.15, 0.2) is 0 Å². The van der Waals surface area contributed by atoms with Gasteiger partial charge in [0.25, 0.3) is 0 Å². The smallest absolute Gasteiger partial charge is 0.138 e. The Kier molecular flexibility index (Phi) is 3.86. The second-order valence-electron chi connectivity index (χ2n) is 2.76. The van der Waals surface area contributed by atoms with Crippen molar-refractivity contribution in [1.82, 2.24) is 0 Å². The fraction of sp³-hybridized carbons (Fsp3) is 0.333. The van der Waals surface area contributed by atoms with Gasteiger partial charge in [-0.3, -0.25) is 0 Å². The normalized spacial score (nSPS) is 12.6. The molecule has 0 saturated carbocycles. The second-order valence-corrected chi connectivity index (χ2v) is 3.61. The average Bonchev–Trinajstić information content (AvgIpc) is 2.20. The number of halogens is 2. The number of nitrogens with two attached hydrogens (primary N) is 1. The zero-order valence-corrected chi connectivity index (χ0v) is 9.21. The van der Waals surface area contributed by atoms with Crippen LogP contribution in [0.5, 0.6) is 5.75 Å². The summed E-state index contributed by atoms with van der Waals surface area (Å²) in [6.07, 6.45) is -0.910. The fourth-order valence-corrected chi connectivity index (χ4v) is 1.43. The van der Waals surface area contributed by atoms with Gasteiger partial charge < -0.3 is 15.6 Å². The number of rotatable bonds is 3. The molecule has 0 fully saturated rings. The first-order chi connectivity index (χ1) is 6.60. The van der Waals surface area contributed by atoms with Gasteiger partial charge in [0, 0.05) is 12.1 Å². The zero-order valence-electron chi connectivity index (χ0n) is 7.63. The number of hydrogen-bond acceptors (Lipinski definition) is 3. The van der Waals surface area contributed by atoms with Crippen LogP contribution in [0.4, 0.5) is 4.39 Å². The van der Waals surface area contributed by atoms with Crippen molar-refractivity contribution in [2.45, 2.75) is 6.10 Å². The Bertz CT molecular complexity index is 333. The van der Waals surface area contributed by atoms with Crippen molar-refractivity contribution < 1.29 is 14.2 Å². The van der Waals surface area contributed by atoms with Crippen molar-refractivity contribution >= 4 is 15.9 Å². The van der Waals surface area contributed by atoms with Crippen LogP contribution in [0.2, 0.25) is 0 Å². The van der Waals surface area contributed by atoms with Crippen LogP contribution in [0.1, 0.15) is 11.7 Å². The Balaban J connectivity index is 3.19. The molecule has 5 heteroatoms. The van der Waals surface area contributed by atoms with Gasteiger partial charge in [-0.05, 0) is 28.1 Å². The molecule has 0 amide bonds. The molecule has 1 atom stereocenters. The quantitative estimate of drug-likeness (QED) is 0.871. The van der Waals surface area contributed by atoms with E-state index in [1.807, 2.05) is 0 Å². The zero-order chi connectivity index (χ0) is 10.7. The number of aliphatic hydroxyl groups excluding tert-OH is 1. The molecule has 0 aliphatic heterocycles. The summed E-state index contributed by atoms with van der Waals surface area (Å²) >= 11 is 3.02. The highest BCUT2D eigenvalue weighted by atomic mass is 79.9. The second kappa shape index (κ2) is 4.72. The Morgan fingerprint density at radius 2 is 2.29 bits per heavy atom. The molecule has 1 rings (SSSR count). The fourth-order valence-electron chi connectivity index (χ4n) is 1.11. The van der Waals surface area contributed by atoms with Crippen LogP contribution >= 0.6 is 15.9 Å². The molecule has 78 valence electrons. The van der Waals surface area contributed by atoms with E-state index >= 15 is 0 Å². The first-order valence-electron chi connectivity index (χ1n) is 4.01. The number of methoxy groups -OCH3 is 1. The van der Waals surface area contributed by atoms with Crippen LogP contribution < -0.4 is 10.5 Å². The molecule has 0 aromatic heterocycles. The molecule has 1 aromatic carbocycles. The van der Waals surface area contributed by atoms with E-state index in [1.165, 1.54) is 19.2 Å². The van der Waals surface area contributed by atoms with E-state index in [1.54, 1.807) is 0 Å². The van der Waals surface area contributed by atoms with E-state index in [9.17, 15) is 9.50 Å². The summed E-state index contributed by atoms with van der Waals surface area (Å²) in [6.45, 7) is 0.0252. The minimum atomic E-state index is -0.910. The molecule has 1 aromatic rings. The maximum Gasteiger partial charge on any atom is 0.138 e. The number of aliphatic hydroxyl groups is 1. The van der Waals surface area contributed by atoms with E-state index < -0.39 is 11.9 Å². The summed E-state index contributed by atoms with van der Waals surface area (Å²) in [6, 6.07) is 2.67. The van der Waals surface area contributed by atoms with Gasteiger partial charge in [0.2, 0.25) is 0 Å². The Morgan fingerprint density at radius 1 is 1.64 bits per heavy atom. The van der Waals surface area contributed by atoms with E-state index in [0.717, 1.165) is 0 Å². The lowest BCUT2D eigenvalue weighted by molar-refractivity contribution is 0.181. The predicted octanol–water partition coefficient (Wildman–Crippen LogP) is 1.59. The molecular weight excluding hydrogens is 253 g/mol. The van der Waals surface area contributed by atoms with E-state index in [0.29, 0.717) is 15.8 Å². The molecule has 0 bridgehead atoms. The van der Waals surface area contributed by atoms with Crippen molar-refractivity contribution in [2.75, 3.05) is 13.7 Å². The average molecular weight is 264 g/mol. The van der Waals surface area contributed by atoms with Gasteiger partial charge >= 0.3 is 0 Å². The summed E-state index contributed by atoms with van der Waals surface area (Å²) in [4.78, 5) is 0. The molecule has 1 unspecified atom stereocenters. The first kappa shape index (κ1) is 11.4. The van der Waals surface area contributed by atoms with Crippen LogP contribution in [0.25, 0.3) is 0 Å². The lowest BCUT2D eigenvalue weighted by Gasteiger charge is -2.13. The van der Waals surface area contributed by atoms with Gasteiger partial charge in [-0.1, -0.05) is 0 Å². The third-order valence-corrected chi connectivity index (χ3v) is 2.46. The largest absolute Gasteiger partial charge is 0.496 e. The third-order valence-electron chi connectivity index (χ3n) is 1.85. The van der Waals surface area contributed by atoms with Gasteiger partial charge in [0.05, 0.1) is 17.7 Å². The number of ether oxygens (including phenoxy) is 1. The van der Waals surface area contributed by atoms with Crippen LogP contribution in [0.15, 0.2) is 16.6 Å². The Morgan fingerprint density at radius 3 is 2.79 bits per heavy atom. The lowest BCUT2D eigenvalue weighted by Crippen LogP contribution is -2.13. The highest BCUT2D eigenvalue weighted by molar-refractivity contribution is 9.10. The van der Waals surface area contributed by atoms with Gasteiger partial charge in [-0.25, -0.2) is 4.39 Å². The molecule has 14 heavy (non-hydrogen) atoms. The van der Waals surface area contributed by atoms with Crippen LogP contribution in [0, 0.1) is 5.82 Å². The molecule has 0 saturated heterocycles. The van der Waals surface area contributed by atoms with Crippen molar-refractivity contribution in [1.29, 1.82) is 0 Å². The van der Waals surface area contributed by atoms with Crippen molar-refractivity contribution in [3.63, 3.8) is 0 Å². The first-order valence-corrected chi connectivity index (χ1v) is 4.80. The monoisotopic (exact) mass is 263 g/mol. The summed E-state index contributed by atoms with van der Waals surface area (Å²) in [7, 11) is 1.45. The van der Waals surface area contributed by atoms with Crippen LogP contribution in [-0.2, 0) is 0 Å². The van der Waals surface area contributed by atoms with Crippen molar-refractivity contribution in [3.8, 4) is 5.75 Å². The maximum absolute atomic E-state index is 13.1. The molecule has 3 N–H and O–H groups in total. The minimum Gasteiger partial charge on any atom is -0.496 e. The SMILES string of the molecule is COc1cc(Br)c(F)cc1C(O)CN. The maximum atomic E-state index is 13.1. The number of benzene rings is 1. The highest BCUT2D eigenvalue weighted by Crippen LogP contribution is 2.30. The van der Waals surface area contributed by atoms with Gasteiger partial charge in [0.1, 0.15) is 11.6 Å². The molecule has 3 nitrogen and oxygen atoms in total. The molecule has 0 aliphatic rings. The Labute approximate surface area is 89.8 Å². The predicted molar refractivity (Wildman–Crippen MR) is 54.7 cm³/mol. The van der Waals surface area contributed by atoms with E-state index in [-0.39, 0.29) is 6.54 Å². The van der Waals surface area contributed by atoms with E-state index in [4.69, 9.17) is 10.5 Å². The van der Waals surface area contributed by atoms with Crippen LogP contribution in [-0.4, -0.2) is 18.8 Å². The summed E-state index contributed by atoms with van der Waals surface area (Å²) < 4.78 is 18.4. The summed E-state index contributed by atoms with van der Waals surface area (Å²) in [5.74, 6) is -0.0375. The lowest BCUT2D eigenvalue weighted by atomic mass is 10.1. The summed E-state index contributed by atoms with van der Waals surface area (Å²) in [5, 5.41) is 9.47. The van der Waals surface area contributed by atoms with Gasteiger partial charge in [-0.2, -0.15) is 0 Å². The van der Waals surface area contributed by atoms with Crippen LogP contribution in [0.3, 0.4) is 0 Å². The molecule has 0 heterocycles. The number of hydrogen-bond donors (Lipinski definition) is 2. The molecular formula is C9H11BrFNO2. The standard InChI is InChI=1S/C9H11BrFNO2/c1-14-9-3-6(10)7(11)2-5(9)8(13)4-12/h2-3,8,13H,4,12H2,1H3. The molecule has 0 spiro atoms. The van der Waals surface area contributed by atoms with Crippen molar-refractivity contribution in [2.24, 2.45) is 5.73 Å².